The maximum Gasteiger partial charge on any atom is 0.303 e. The van der Waals surface area contributed by atoms with E-state index in [-0.39, 0.29) is 31.5 Å². The first kappa shape index (κ1) is 12.3. The van der Waals surface area contributed by atoms with Crippen molar-refractivity contribution in [3.8, 4) is 0 Å². The molecule has 0 unspecified atom stereocenters. The summed E-state index contributed by atoms with van der Waals surface area (Å²) in [4.78, 5) is 31.0. The number of ketones is 1. The van der Waals surface area contributed by atoms with Crippen LogP contribution in [0.25, 0.3) is 0 Å². The Balaban J connectivity index is 3.60. The van der Waals surface area contributed by atoms with Gasteiger partial charge in [0, 0.05) is 12.8 Å². The third kappa shape index (κ3) is 8.45. The van der Waals surface area contributed by atoms with Gasteiger partial charge in [-0.25, -0.2) is 0 Å². The molecular weight excluding hydrogens is 188 g/mol. The van der Waals surface area contributed by atoms with Gasteiger partial charge in [-0.15, -0.1) is 0 Å². The quantitative estimate of drug-likeness (QED) is 0.594. The predicted molar refractivity (Wildman–Crippen MR) is 47.9 cm³/mol. The summed E-state index contributed by atoms with van der Waals surface area (Å²) in [6, 6.07) is 0. The van der Waals surface area contributed by atoms with Crippen LogP contribution in [0.1, 0.15) is 25.7 Å². The number of rotatable bonds is 7. The molecule has 0 aromatic rings. The fourth-order valence-electron chi connectivity index (χ4n) is 0.735. The lowest BCUT2D eigenvalue weighted by atomic mass is 10.2. The number of carbonyl (C=O) groups is 3. The molecule has 0 aromatic heterocycles. The average molecular weight is 200 g/mol. The molecule has 0 amide bonds. The Labute approximate surface area is 81.0 Å². The highest BCUT2D eigenvalue weighted by Crippen LogP contribution is 1.95. The molecule has 14 heavy (non-hydrogen) atoms. The molecule has 0 aliphatic carbocycles. The van der Waals surface area contributed by atoms with Gasteiger partial charge in [-0.05, 0) is 12.5 Å². The maximum absolute atomic E-state index is 10.9. The highest BCUT2D eigenvalue weighted by atomic mass is 16.4. The zero-order valence-corrected chi connectivity index (χ0v) is 7.60. The Morgan fingerprint density at radius 2 is 1.50 bits per heavy atom. The second kappa shape index (κ2) is 6.82. The van der Waals surface area contributed by atoms with Crippen LogP contribution in [-0.4, -0.2) is 27.9 Å². The molecule has 5 heteroatoms. The van der Waals surface area contributed by atoms with E-state index in [1.165, 1.54) is 12.2 Å². The van der Waals surface area contributed by atoms with Crippen molar-refractivity contribution in [2.24, 2.45) is 0 Å². The monoisotopic (exact) mass is 200 g/mol. The first-order valence-electron chi connectivity index (χ1n) is 4.15. The van der Waals surface area contributed by atoms with Crippen LogP contribution in [-0.2, 0) is 14.4 Å². The van der Waals surface area contributed by atoms with Crippen LogP contribution >= 0.6 is 0 Å². The molecule has 78 valence electrons. The standard InChI is InChI=1S/C9H12O5/c10-7(5-6-9(13)14)3-1-2-4-8(11)12/h1,3H,2,4-6H2,(H,11,12)(H,13,14). The Kier molecular flexibility index (Phi) is 6.02. The minimum Gasteiger partial charge on any atom is -0.481 e. The van der Waals surface area contributed by atoms with Crippen molar-refractivity contribution in [1.29, 1.82) is 0 Å². The molecular formula is C9H12O5. The van der Waals surface area contributed by atoms with Crippen molar-refractivity contribution < 1.29 is 24.6 Å². The van der Waals surface area contributed by atoms with Crippen LogP contribution in [0, 0.1) is 0 Å². The molecule has 2 N–H and O–H groups in total. The number of carboxylic acids is 2. The van der Waals surface area contributed by atoms with Gasteiger partial charge in [0.25, 0.3) is 0 Å². The largest absolute Gasteiger partial charge is 0.481 e. The van der Waals surface area contributed by atoms with Crippen LogP contribution < -0.4 is 0 Å². The first-order chi connectivity index (χ1) is 6.52. The van der Waals surface area contributed by atoms with Gasteiger partial charge in [0.05, 0.1) is 6.42 Å². The van der Waals surface area contributed by atoms with Gasteiger partial charge in [-0.3, -0.25) is 14.4 Å². The molecule has 0 aliphatic heterocycles. The predicted octanol–water partition coefficient (Wildman–Crippen LogP) is 0.841. The van der Waals surface area contributed by atoms with Gasteiger partial charge in [-0.2, -0.15) is 0 Å². The van der Waals surface area contributed by atoms with Crippen molar-refractivity contribution in [2.75, 3.05) is 0 Å². The van der Waals surface area contributed by atoms with Crippen molar-refractivity contribution in [3.63, 3.8) is 0 Å². The minimum atomic E-state index is -1.02. The van der Waals surface area contributed by atoms with Crippen LogP contribution in [0.4, 0.5) is 0 Å². The smallest absolute Gasteiger partial charge is 0.303 e. The third-order valence-electron chi connectivity index (χ3n) is 1.41. The molecule has 0 bridgehead atoms. The Hall–Kier alpha value is -1.65. The summed E-state index contributed by atoms with van der Waals surface area (Å²) in [7, 11) is 0. The van der Waals surface area contributed by atoms with E-state index >= 15 is 0 Å². The summed E-state index contributed by atoms with van der Waals surface area (Å²) >= 11 is 0. The van der Waals surface area contributed by atoms with Crippen molar-refractivity contribution in [3.05, 3.63) is 12.2 Å². The Bertz CT molecular complexity index is 254. The number of allylic oxidation sites excluding steroid dienone is 2. The molecule has 0 aliphatic rings. The molecule has 0 saturated heterocycles. The van der Waals surface area contributed by atoms with E-state index in [2.05, 4.69) is 0 Å². The lowest BCUT2D eigenvalue weighted by molar-refractivity contribution is -0.138. The molecule has 5 nitrogen and oxygen atoms in total. The summed E-state index contributed by atoms with van der Waals surface area (Å²) in [6.45, 7) is 0. The van der Waals surface area contributed by atoms with Crippen molar-refractivity contribution in [1.82, 2.24) is 0 Å². The Morgan fingerprint density at radius 1 is 0.929 bits per heavy atom. The van der Waals surface area contributed by atoms with E-state index in [1.807, 2.05) is 0 Å². The number of aliphatic carboxylic acids is 2. The molecule has 0 heterocycles. The summed E-state index contributed by atoms with van der Waals surface area (Å²) < 4.78 is 0. The van der Waals surface area contributed by atoms with Crippen molar-refractivity contribution >= 4 is 17.7 Å². The molecule has 0 rings (SSSR count). The molecule has 0 aromatic carbocycles. The maximum atomic E-state index is 10.9. The zero-order valence-electron chi connectivity index (χ0n) is 7.60. The second-order valence-electron chi connectivity index (χ2n) is 2.69. The van der Waals surface area contributed by atoms with Gasteiger partial charge in [0.1, 0.15) is 0 Å². The molecule has 0 saturated carbocycles. The lowest BCUT2D eigenvalue weighted by Gasteiger charge is -1.90. The van der Waals surface area contributed by atoms with E-state index in [0.717, 1.165) is 0 Å². The van der Waals surface area contributed by atoms with E-state index in [0.29, 0.717) is 0 Å². The van der Waals surface area contributed by atoms with Gasteiger partial charge >= 0.3 is 11.9 Å². The molecule has 0 atom stereocenters. The number of carbonyl (C=O) groups excluding carboxylic acids is 1. The van der Waals surface area contributed by atoms with Crippen LogP contribution in [0.2, 0.25) is 0 Å². The first-order valence-corrected chi connectivity index (χ1v) is 4.15. The summed E-state index contributed by atoms with van der Waals surface area (Å²) in [5.74, 6) is -2.23. The SMILES string of the molecule is O=C(O)CCC=CC(=O)CCC(=O)O. The van der Waals surface area contributed by atoms with Gasteiger partial charge in [0.2, 0.25) is 0 Å². The van der Waals surface area contributed by atoms with Gasteiger partial charge < -0.3 is 10.2 Å². The summed E-state index contributed by atoms with van der Waals surface area (Å²) in [5, 5.41) is 16.5. The molecule has 0 spiro atoms. The number of hydrogen-bond donors (Lipinski definition) is 2. The van der Waals surface area contributed by atoms with Crippen LogP contribution in [0.5, 0.6) is 0 Å². The summed E-state index contributed by atoms with van der Waals surface area (Å²) in [5.41, 5.74) is 0. The molecule has 0 radical (unpaired) electrons. The number of hydrogen-bond acceptors (Lipinski definition) is 3. The average Bonchev–Trinajstić information content (AvgIpc) is 2.08. The highest BCUT2D eigenvalue weighted by Gasteiger charge is 2.01. The summed E-state index contributed by atoms with van der Waals surface area (Å²) in [6.07, 6.45) is 2.70. The normalized spacial score (nSPS) is 10.3. The Morgan fingerprint density at radius 3 is 2.00 bits per heavy atom. The van der Waals surface area contributed by atoms with Crippen LogP contribution in [0.15, 0.2) is 12.2 Å². The zero-order chi connectivity index (χ0) is 11.0. The van der Waals surface area contributed by atoms with E-state index in [9.17, 15) is 14.4 Å². The van der Waals surface area contributed by atoms with Gasteiger partial charge in [0.15, 0.2) is 5.78 Å². The topological polar surface area (TPSA) is 91.7 Å². The van der Waals surface area contributed by atoms with Crippen LogP contribution in [0.3, 0.4) is 0 Å². The number of carboxylic acid groups (broad SMARTS) is 2. The highest BCUT2D eigenvalue weighted by molar-refractivity contribution is 5.91. The van der Waals surface area contributed by atoms with E-state index < -0.39 is 11.9 Å². The molecule has 0 fully saturated rings. The lowest BCUT2D eigenvalue weighted by Crippen LogP contribution is -2.00. The van der Waals surface area contributed by atoms with E-state index in [1.54, 1.807) is 0 Å². The van der Waals surface area contributed by atoms with Gasteiger partial charge in [-0.1, -0.05) is 6.08 Å². The fourth-order valence-corrected chi connectivity index (χ4v) is 0.735. The van der Waals surface area contributed by atoms with Crippen molar-refractivity contribution in [2.45, 2.75) is 25.7 Å². The third-order valence-corrected chi connectivity index (χ3v) is 1.41. The second-order valence-corrected chi connectivity index (χ2v) is 2.69. The van der Waals surface area contributed by atoms with E-state index in [4.69, 9.17) is 10.2 Å². The fraction of sp³-hybridized carbons (Fsp3) is 0.444. The minimum absolute atomic E-state index is 0.0251.